The van der Waals surface area contributed by atoms with Gasteiger partial charge in [0.25, 0.3) is 5.69 Å². The van der Waals surface area contributed by atoms with E-state index in [1.807, 2.05) is 29.8 Å². The van der Waals surface area contributed by atoms with Crippen LogP contribution in [0.15, 0.2) is 35.0 Å². The Balaban J connectivity index is 2.02. The molecule has 0 amide bonds. The third kappa shape index (κ3) is 3.15. The summed E-state index contributed by atoms with van der Waals surface area (Å²) in [6, 6.07) is 7.16. The van der Waals surface area contributed by atoms with E-state index in [2.05, 4.69) is 0 Å². The van der Waals surface area contributed by atoms with Gasteiger partial charge in [0, 0.05) is 6.07 Å². The molecule has 4 nitrogen and oxygen atoms in total. The number of nitro benzene ring substituents is 1. The quantitative estimate of drug-likeness (QED) is 0.610. The van der Waals surface area contributed by atoms with E-state index in [0.717, 1.165) is 11.1 Å². The van der Waals surface area contributed by atoms with Gasteiger partial charge in [-0.25, -0.2) is 0 Å². The van der Waals surface area contributed by atoms with E-state index in [9.17, 15) is 10.1 Å². The molecule has 0 fully saturated rings. The van der Waals surface area contributed by atoms with Crippen LogP contribution < -0.4 is 0 Å². The second-order valence-corrected chi connectivity index (χ2v) is 4.79. The number of thiophene rings is 1. The molecular weight excluding hydrogens is 250 g/mol. The number of hydrogen-bond acceptors (Lipinski definition) is 4. The number of benzene rings is 1. The Kier molecular flexibility index (Phi) is 4.07. The average Bonchev–Trinajstić information content (AvgIpc) is 2.84. The van der Waals surface area contributed by atoms with Crippen LogP contribution in [0, 0.1) is 17.0 Å². The van der Waals surface area contributed by atoms with E-state index in [4.69, 9.17) is 4.74 Å². The second-order valence-electron chi connectivity index (χ2n) is 4.01. The number of hydrogen-bond donors (Lipinski definition) is 0. The first-order valence-electron chi connectivity index (χ1n) is 5.49. The standard InChI is InChI=1S/C13H13NO3S/c1-10-2-3-12(13(6-10)14(15)16)8-17-7-11-4-5-18-9-11/h2-6,9H,7-8H2,1H3. The summed E-state index contributed by atoms with van der Waals surface area (Å²) in [6.07, 6.45) is 0. The highest BCUT2D eigenvalue weighted by molar-refractivity contribution is 7.07. The Morgan fingerprint density at radius 3 is 2.83 bits per heavy atom. The van der Waals surface area contributed by atoms with Crippen LogP contribution in [0.4, 0.5) is 5.69 Å². The van der Waals surface area contributed by atoms with Gasteiger partial charge in [0.2, 0.25) is 0 Å². The smallest absolute Gasteiger partial charge is 0.275 e. The van der Waals surface area contributed by atoms with Gasteiger partial charge < -0.3 is 4.74 Å². The van der Waals surface area contributed by atoms with Crippen molar-refractivity contribution in [1.82, 2.24) is 0 Å². The highest BCUT2D eigenvalue weighted by atomic mass is 32.1. The zero-order valence-electron chi connectivity index (χ0n) is 9.96. The molecule has 0 unspecified atom stereocenters. The van der Waals surface area contributed by atoms with Gasteiger partial charge in [-0.2, -0.15) is 11.3 Å². The summed E-state index contributed by atoms with van der Waals surface area (Å²) < 4.78 is 5.50. The predicted octanol–water partition coefficient (Wildman–Crippen LogP) is 3.68. The van der Waals surface area contributed by atoms with Crippen molar-refractivity contribution in [3.8, 4) is 0 Å². The fourth-order valence-corrected chi connectivity index (χ4v) is 2.27. The molecule has 1 aromatic heterocycles. The third-order valence-corrected chi connectivity index (χ3v) is 3.28. The molecule has 0 N–H and O–H groups in total. The lowest BCUT2D eigenvalue weighted by atomic mass is 10.1. The molecule has 1 heterocycles. The summed E-state index contributed by atoms with van der Waals surface area (Å²) in [5.74, 6) is 0. The van der Waals surface area contributed by atoms with E-state index in [-0.39, 0.29) is 17.2 Å². The van der Waals surface area contributed by atoms with Gasteiger partial charge in [-0.1, -0.05) is 6.07 Å². The molecule has 94 valence electrons. The van der Waals surface area contributed by atoms with Crippen molar-refractivity contribution in [2.45, 2.75) is 20.1 Å². The zero-order valence-corrected chi connectivity index (χ0v) is 10.8. The fraction of sp³-hybridized carbons (Fsp3) is 0.231. The van der Waals surface area contributed by atoms with Crippen molar-refractivity contribution >= 4 is 17.0 Å². The van der Waals surface area contributed by atoms with Gasteiger partial charge in [0.05, 0.1) is 23.7 Å². The Bertz CT molecular complexity index is 537. The molecule has 0 spiro atoms. The van der Waals surface area contributed by atoms with Crippen LogP contribution in [-0.2, 0) is 18.0 Å². The molecular formula is C13H13NO3S. The SMILES string of the molecule is Cc1ccc(COCc2ccsc2)c([N+](=O)[O-])c1. The first-order valence-corrected chi connectivity index (χ1v) is 6.44. The second kappa shape index (κ2) is 5.75. The van der Waals surface area contributed by atoms with Crippen LogP contribution >= 0.6 is 11.3 Å². The van der Waals surface area contributed by atoms with Gasteiger partial charge in [0.15, 0.2) is 0 Å². The lowest BCUT2D eigenvalue weighted by Gasteiger charge is -2.05. The van der Waals surface area contributed by atoms with Crippen molar-refractivity contribution in [1.29, 1.82) is 0 Å². The molecule has 2 aromatic rings. The van der Waals surface area contributed by atoms with Crippen molar-refractivity contribution in [3.05, 3.63) is 61.8 Å². The van der Waals surface area contributed by atoms with Gasteiger partial charge in [-0.15, -0.1) is 0 Å². The number of aryl methyl sites for hydroxylation is 1. The molecule has 0 saturated carbocycles. The number of nitrogens with zero attached hydrogens (tertiary/aromatic N) is 1. The minimum absolute atomic E-state index is 0.125. The fourth-order valence-electron chi connectivity index (χ4n) is 1.62. The van der Waals surface area contributed by atoms with Crippen LogP contribution in [0.25, 0.3) is 0 Å². The van der Waals surface area contributed by atoms with Gasteiger partial charge in [0.1, 0.15) is 0 Å². The maximum atomic E-state index is 10.9. The maximum absolute atomic E-state index is 10.9. The zero-order chi connectivity index (χ0) is 13.0. The van der Waals surface area contributed by atoms with Crippen molar-refractivity contribution in [2.24, 2.45) is 0 Å². The number of ether oxygens (including phenoxy) is 1. The minimum Gasteiger partial charge on any atom is -0.372 e. The first kappa shape index (κ1) is 12.7. The average molecular weight is 263 g/mol. The largest absolute Gasteiger partial charge is 0.372 e. The normalized spacial score (nSPS) is 10.5. The molecule has 0 bridgehead atoms. The third-order valence-electron chi connectivity index (χ3n) is 2.54. The molecule has 0 atom stereocenters. The molecule has 1 aromatic carbocycles. The molecule has 5 heteroatoms. The van der Waals surface area contributed by atoms with Crippen LogP contribution in [0.2, 0.25) is 0 Å². The highest BCUT2D eigenvalue weighted by Gasteiger charge is 2.13. The highest BCUT2D eigenvalue weighted by Crippen LogP contribution is 2.21. The summed E-state index contributed by atoms with van der Waals surface area (Å²) in [5.41, 5.74) is 2.71. The molecule has 0 aliphatic carbocycles. The summed E-state index contributed by atoms with van der Waals surface area (Å²) in [5, 5.41) is 14.9. The summed E-state index contributed by atoms with van der Waals surface area (Å²) >= 11 is 1.61. The van der Waals surface area contributed by atoms with Crippen molar-refractivity contribution in [3.63, 3.8) is 0 Å². The molecule has 2 rings (SSSR count). The number of rotatable bonds is 5. The lowest BCUT2D eigenvalue weighted by molar-refractivity contribution is -0.386. The Morgan fingerprint density at radius 1 is 1.33 bits per heavy atom. The molecule has 18 heavy (non-hydrogen) atoms. The molecule has 0 radical (unpaired) electrons. The van der Waals surface area contributed by atoms with E-state index in [1.54, 1.807) is 23.5 Å². The Morgan fingerprint density at radius 2 is 2.17 bits per heavy atom. The van der Waals surface area contributed by atoms with Crippen molar-refractivity contribution in [2.75, 3.05) is 0 Å². The molecule has 0 aliphatic rings. The summed E-state index contributed by atoms with van der Waals surface area (Å²) in [7, 11) is 0. The van der Waals surface area contributed by atoms with Crippen LogP contribution in [-0.4, -0.2) is 4.92 Å². The van der Waals surface area contributed by atoms with Crippen LogP contribution in [0.3, 0.4) is 0 Å². The maximum Gasteiger partial charge on any atom is 0.275 e. The van der Waals surface area contributed by atoms with E-state index < -0.39 is 0 Å². The minimum atomic E-state index is -0.365. The first-order chi connectivity index (χ1) is 8.66. The van der Waals surface area contributed by atoms with E-state index >= 15 is 0 Å². The van der Waals surface area contributed by atoms with Crippen LogP contribution in [0.1, 0.15) is 16.7 Å². The van der Waals surface area contributed by atoms with Gasteiger partial charge >= 0.3 is 0 Å². The lowest BCUT2D eigenvalue weighted by Crippen LogP contribution is -1.99. The molecule has 0 aliphatic heterocycles. The predicted molar refractivity (Wildman–Crippen MR) is 70.6 cm³/mol. The Hall–Kier alpha value is -1.72. The van der Waals surface area contributed by atoms with Crippen LogP contribution in [0.5, 0.6) is 0 Å². The van der Waals surface area contributed by atoms with Gasteiger partial charge in [-0.05, 0) is 40.9 Å². The summed E-state index contributed by atoms with van der Waals surface area (Å²) in [4.78, 5) is 10.6. The van der Waals surface area contributed by atoms with Crippen molar-refractivity contribution < 1.29 is 9.66 Å². The topological polar surface area (TPSA) is 52.4 Å². The Labute approximate surface area is 109 Å². The number of nitro groups is 1. The van der Waals surface area contributed by atoms with Gasteiger partial charge in [-0.3, -0.25) is 10.1 Å². The monoisotopic (exact) mass is 263 g/mol. The van der Waals surface area contributed by atoms with E-state index in [1.165, 1.54) is 0 Å². The molecule has 0 saturated heterocycles. The summed E-state index contributed by atoms with van der Waals surface area (Å²) in [6.45, 7) is 2.57. The van der Waals surface area contributed by atoms with E-state index in [0.29, 0.717) is 12.2 Å².